The average Bonchev–Trinajstić information content (AvgIpc) is 2.59. The van der Waals surface area contributed by atoms with Crippen molar-refractivity contribution in [3.63, 3.8) is 0 Å². The predicted octanol–water partition coefficient (Wildman–Crippen LogP) is 3.15. The molecule has 0 spiro atoms. The molecule has 0 saturated heterocycles. The lowest BCUT2D eigenvalue weighted by Crippen LogP contribution is -2.28. The largest absolute Gasteiger partial charge is 0.352 e. The van der Waals surface area contributed by atoms with E-state index in [0.29, 0.717) is 28.5 Å². The fourth-order valence-electron chi connectivity index (χ4n) is 2.00. The van der Waals surface area contributed by atoms with Crippen LogP contribution in [0.5, 0.6) is 0 Å². The van der Waals surface area contributed by atoms with Gasteiger partial charge in [0.25, 0.3) is 11.8 Å². The highest BCUT2D eigenvalue weighted by Crippen LogP contribution is 2.16. The first kappa shape index (κ1) is 17.0. The van der Waals surface area contributed by atoms with Crippen LogP contribution in [0.25, 0.3) is 0 Å². The maximum atomic E-state index is 12.5. The van der Waals surface area contributed by atoms with E-state index in [2.05, 4.69) is 10.3 Å². The van der Waals surface area contributed by atoms with Crippen LogP contribution >= 0.6 is 11.6 Å². The number of amides is 2. The van der Waals surface area contributed by atoms with E-state index in [9.17, 15) is 9.59 Å². The van der Waals surface area contributed by atoms with Crippen LogP contribution in [0, 0.1) is 0 Å². The fraction of sp³-hybridized carbons (Fsp3) is 0.235. The van der Waals surface area contributed by atoms with E-state index in [1.54, 1.807) is 43.4 Å². The molecule has 120 valence electrons. The summed E-state index contributed by atoms with van der Waals surface area (Å²) in [5, 5.41) is 3.29. The zero-order valence-corrected chi connectivity index (χ0v) is 13.8. The first-order valence-corrected chi connectivity index (χ1v) is 7.68. The Morgan fingerprint density at radius 3 is 2.61 bits per heavy atom. The molecule has 2 aromatic rings. The molecule has 0 fully saturated rings. The molecular formula is C17H18ClN3O2. The van der Waals surface area contributed by atoms with Crippen molar-refractivity contribution in [2.75, 3.05) is 18.5 Å². The third kappa shape index (κ3) is 4.29. The van der Waals surface area contributed by atoms with Gasteiger partial charge in [0, 0.05) is 30.9 Å². The molecule has 2 amide bonds. The molecule has 1 heterocycles. The first-order chi connectivity index (χ1) is 11.0. The molecule has 0 bridgehead atoms. The Balaban J connectivity index is 2.19. The van der Waals surface area contributed by atoms with Gasteiger partial charge >= 0.3 is 0 Å². The lowest BCUT2D eigenvalue weighted by Gasteiger charge is -2.16. The molecule has 23 heavy (non-hydrogen) atoms. The zero-order chi connectivity index (χ0) is 16.8. The van der Waals surface area contributed by atoms with Crippen molar-refractivity contribution >= 4 is 29.2 Å². The van der Waals surface area contributed by atoms with Gasteiger partial charge in [-0.15, -0.1) is 0 Å². The predicted molar refractivity (Wildman–Crippen MR) is 91.0 cm³/mol. The van der Waals surface area contributed by atoms with Crippen molar-refractivity contribution < 1.29 is 9.59 Å². The summed E-state index contributed by atoms with van der Waals surface area (Å²) in [5.41, 5.74) is 0.884. The molecule has 0 aliphatic carbocycles. The SMILES string of the molecule is CCCNC(=O)c1cccc(C(=O)N(C)c2ccc(Cl)cn2)c1. The minimum Gasteiger partial charge on any atom is -0.352 e. The van der Waals surface area contributed by atoms with Gasteiger partial charge in [-0.2, -0.15) is 0 Å². The molecule has 5 nitrogen and oxygen atoms in total. The van der Waals surface area contributed by atoms with Crippen molar-refractivity contribution in [2.24, 2.45) is 0 Å². The van der Waals surface area contributed by atoms with Gasteiger partial charge in [-0.3, -0.25) is 14.5 Å². The number of carbonyl (C=O) groups excluding carboxylic acids is 2. The Kier molecular flexibility index (Phi) is 5.71. The third-order valence-electron chi connectivity index (χ3n) is 3.27. The standard InChI is InChI=1S/C17H18ClN3O2/c1-3-9-19-16(22)12-5-4-6-13(10-12)17(23)21(2)15-8-7-14(18)11-20-15/h4-8,10-11H,3,9H2,1-2H3,(H,19,22). The van der Waals surface area contributed by atoms with Gasteiger partial charge in [-0.05, 0) is 36.8 Å². The third-order valence-corrected chi connectivity index (χ3v) is 3.49. The number of pyridine rings is 1. The van der Waals surface area contributed by atoms with Gasteiger partial charge in [0.2, 0.25) is 0 Å². The molecule has 2 rings (SSSR count). The van der Waals surface area contributed by atoms with Crippen molar-refractivity contribution in [3.05, 3.63) is 58.7 Å². The molecule has 0 aliphatic rings. The van der Waals surface area contributed by atoms with Crippen LogP contribution < -0.4 is 10.2 Å². The molecule has 0 saturated carbocycles. The summed E-state index contributed by atoms with van der Waals surface area (Å²) in [6, 6.07) is 9.96. The van der Waals surface area contributed by atoms with Gasteiger partial charge in [0.05, 0.1) is 5.02 Å². The molecule has 1 aromatic carbocycles. The number of rotatable bonds is 5. The van der Waals surface area contributed by atoms with Crippen molar-refractivity contribution in [1.82, 2.24) is 10.3 Å². The number of aromatic nitrogens is 1. The normalized spacial score (nSPS) is 10.2. The number of anilines is 1. The number of benzene rings is 1. The number of carbonyl (C=O) groups is 2. The van der Waals surface area contributed by atoms with Crippen LogP contribution in [-0.2, 0) is 0 Å². The fourth-order valence-corrected chi connectivity index (χ4v) is 2.11. The van der Waals surface area contributed by atoms with Crippen LogP contribution in [0.1, 0.15) is 34.1 Å². The van der Waals surface area contributed by atoms with Crippen LogP contribution in [0.4, 0.5) is 5.82 Å². The summed E-state index contributed by atoms with van der Waals surface area (Å²) in [4.78, 5) is 30.1. The van der Waals surface area contributed by atoms with E-state index < -0.39 is 0 Å². The molecule has 0 atom stereocenters. The van der Waals surface area contributed by atoms with Crippen molar-refractivity contribution in [2.45, 2.75) is 13.3 Å². The first-order valence-electron chi connectivity index (χ1n) is 7.30. The van der Waals surface area contributed by atoms with Gasteiger partial charge in [-0.25, -0.2) is 4.98 Å². The van der Waals surface area contributed by atoms with Gasteiger partial charge in [0.1, 0.15) is 5.82 Å². The Labute approximate surface area is 140 Å². The van der Waals surface area contributed by atoms with E-state index in [1.807, 2.05) is 6.92 Å². The van der Waals surface area contributed by atoms with Gasteiger partial charge in [0.15, 0.2) is 0 Å². The summed E-state index contributed by atoms with van der Waals surface area (Å²) in [7, 11) is 1.63. The minimum atomic E-state index is -0.245. The highest BCUT2D eigenvalue weighted by atomic mass is 35.5. The summed E-state index contributed by atoms with van der Waals surface area (Å²) in [5.74, 6) is 0.0546. The average molecular weight is 332 g/mol. The smallest absolute Gasteiger partial charge is 0.259 e. The lowest BCUT2D eigenvalue weighted by molar-refractivity contribution is 0.0953. The summed E-state index contributed by atoms with van der Waals surface area (Å²) in [6.45, 7) is 2.58. The highest BCUT2D eigenvalue weighted by Gasteiger charge is 2.16. The summed E-state index contributed by atoms with van der Waals surface area (Å²) < 4.78 is 0. The second kappa shape index (κ2) is 7.74. The lowest BCUT2D eigenvalue weighted by atomic mass is 10.1. The molecule has 0 unspecified atom stereocenters. The van der Waals surface area contributed by atoms with Crippen LogP contribution in [0.15, 0.2) is 42.6 Å². The summed E-state index contributed by atoms with van der Waals surface area (Å²) in [6.07, 6.45) is 2.34. The number of hydrogen-bond acceptors (Lipinski definition) is 3. The molecule has 1 aromatic heterocycles. The quantitative estimate of drug-likeness (QED) is 0.915. The Hall–Kier alpha value is -2.40. The number of halogens is 1. The second-order valence-corrected chi connectivity index (χ2v) is 5.47. The number of nitrogens with one attached hydrogen (secondary N) is 1. The maximum absolute atomic E-state index is 12.5. The van der Waals surface area contributed by atoms with E-state index in [-0.39, 0.29) is 11.8 Å². The molecule has 6 heteroatoms. The van der Waals surface area contributed by atoms with E-state index in [0.717, 1.165) is 6.42 Å². The van der Waals surface area contributed by atoms with E-state index >= 15 is 0 Å². The zero-order valence-electron chi connectivity index (χ0n) is 13.0. The van der Waals surface area contributed by atoms with Crippen molar-refractivity contribution in [3.8, 4) is 0 Å². The van der Waals surface area contributed by atoms with Crippen LogP contribution in [0.2, 0.25) is 5.02 Å². The Bertz CT molecular complexity index is 701. The van der Waals surface area contributed by atoms with Crippen molar-refractivity contribution in [1.29, 1.82) is 0 Å². The van der Waals surface area contributed by atoms with Gasteiger partial charge in [-0.1, -0.05) is 24.6 Å². The summed E-state index contributed by atoms with van der Waals surface area (Å²) >= 11 is 5.80. The topological polar surface area (TPSA) is 62.3 Å². The maximum Gasteiger partial charge on any atom is 0.259 e. The molecule has 1 N–H and O–H groups in total. The molecule has 0 aliphatic heterocycles. The Morgan fingerprint density at radius 1 is 1.22 bits per heavy atom. The van der Waals surface area contributed by atoms with Crippen LogP contribution in [0.3, 0.4) is 0 Å². The number of hydrogen-bond donors (Lipinski definition) is 1. The van der Waals surface area contributed by atoms with Crippen LogP contribution in [-0.4, -0.2) is 30.4 Å². The highest BCUT2D eigenvalue weighted by molar-refractivity contribution is 6.30. The second-order valence-electron chi connectivity index (χ2n) is 5.04. The monoisotopic (exact) mass is 331 g/mol. The van der Waals surface area contributed by atoms with Gasteiger partial charge < -0.3 is 5.32 Å². The molecule has 0 radical (unpaired) electrons. The number of nitrogens with zero attached hydrogens (tertiary/aromatic N) is 2. The minimum absolute atomic E-state index is 0.186. The van der Waals surface area contributed by atoms with E-state index in [1.165, 1.54) is 11.1 Å². The van der Waals surface area contributed by atoms with E-state index in [4.69, 9.17) is 11.6 Å². The Morgan fingerprint density at radius 2 is 1.96 bits per heavy atom. The molecular weight excluding hydrogens is 314 g/mol.